The summed E-state index contributed by atoms with van der Waals surface area (Å²) in [5, 5.41) is 22.5. The van der Waals surface area contributed by atoms with Crippen LogP contribution in [-0.4, -0.2) is 35.5 Å². The van der Waals surface area contributed by atoms with E-state index < -0.39 is 12.2 Å². The first-order valence-corrected chi connectivity index (χ1v) is 8.42. The van der Waals surface area contributed by atoms with Crippen LogP contribution in [0.2, 0.25) is 0 Å². The molecule has 2 aromatic rings. The van der Waals surface area contributed by atoms with Gasteiger partial charge >= 0.3 is 0 Å². The fourth-order valence-electron chi connectivity index (χ4n) is 2.53. The van der Waals surface area contributed by atoms with Crippen molar-refractivity contribution in [2.75, 3.05) is 13.2 Å². The molecule has 3 unspecified atom stereocenters. The Hall–Kier alpha value is -1.59. The molecule has 2 rings (SSSR count). The van der Waals surface area contributed by atoms with Crippen molar-refractivity contribution < 1.29 is 32.7 Å². The van der Waals surface area contributed by atoms with Gasteiger partial charge in [0.15, 0.2) is 0 Å². The number of para-hydroxylation sites is 1. The minimum absolute atomic E-state index is 0. The topological polar surface area (TPSA) is 66.3 Å². The Labute approximate surface area is 156 Å². The molecule has 4 N–H and O–H groups in total. The van der Waals surface area contributed by atoms with Crippen LogP contribution in [0.15, 0.2) is 48.5 Å². The van der Waals surface area contributed by atoms with Gasteiger partial charge in [-0.1, -0.05) is 36.4 Å². The number of quaternary nitrogens is 1. The SMILES string of the molecule is Cc1ccc(C(O)C(C)[NH2+]CC(O)COc2ccccc2)cc1C.[Cl-]. The molecule has 0 aromatic heterocycles. The fraction of sp³-hybridized carbons (Fsp3) is 0.400. The second kappa shape index (κ2) is 10.4. The Morgan fingerprint density at radius 2 is 1.68 bits per heavy atom. The number of rotatable bonds is 8. The summed E-state index contributed by atoms with van der Waals surface area (Å²) in [7, 11) is 0. The van der Waals surface area contributed by atoms with E-state index in [0.717, 1.165) is 11.3 Å². The molecule has 0 bridgehead atoms. The largest absolute Gasteiger partial charge is 1.00 e. The first-order valence-electron chi connectivity index (χ1n) is 8.42. The molecule has 0 aliphatic rings. The van der Waals surface area contributed by atoms with Crippen LogP contribution in [0, 0.1) is 13.8 Å². The van der Waals surface area contributed by atoms with Crippen LogP contribution in [-0.2, 0) is 0 Å². The van der Waals surface area contributed by atoms with E-state index in [0.29, 0.717) is 6.54 Å². The third-order valence-corrected chi connectivity index (χ3v) is 4.34. The van der Waals surface area contributed by atoms with Gasteiger partial charge in [-0.05, 0) is 49.6 Å². The second-order valence-corrected chi connectivity index (χ2v) is 6.40. The number of hydrogen-bond donors (Lipinski definition) is 3. The molecule has 0 fully saturated rings. The smallest absolute Gasteiger partial charge is 0.137 e. The number of benzene rings is 2. The van der Waals surface area contributed by atoms with E-state index in [2.05, 4.69) is 6.92 Å². The molecule has 0 amide bonds. The molecule has 25 heavy (non-hydrogen) atoms. The van der Waals surface area contributed by atoms with E-state index in [1.165, 1.54) is 11.1 Å². The van der Waals surface area contributed by atoms with Crippen LogP contribution < -0.4 is 22.5 Å². The summed E-state index contributed by atoms with van der Waals surface area (Å²) in [5.41, 5.74) is 3.31. The molecule has 0 aliphatic heterocycles. The van der Waals surface area contributed by atoms with Crippen molar-refractivity contribution >= 4 is 0 Å². The van der Waals surface area contributed by atoms with Crippen molar-refractivity contribution in [3.8, 4) is 5.75 Å². The quantitative estimate of drug-likeness (QED) is 0.546. The Bertz CT molecular complexity index is 636. The molecule has 3 atom stereocenters. The summed E-state index contributed by atoms with van der Waals surface area (Å²) in [6.07, 6.45) is -1.15. The first-order chi connectivity index (χ1) is 11.5. The van der Waals surface area contributed by atoms with Gasteiger partial charge in [0.05, 0.1) is 0 Å². The molecule has 0 saturated carbocycles. The summed E-state index contributed by atoms with van der Waals surface area (Å²) in [4.78, 5) is 0. The van der Waals surface area contributed by atoms with Gasteiger partial charge in [0.1, 0.15) is 37.2 Å². The predicted octanol–water partition coefficient (Wildman–Crippen LogP) is -1.27. The molecular formula is C20H28ClNO3. The molecule has 138 valence electrons. The minimum atomic E-state index is -0.584. The van der Waals surface area contributed by atoms with Gasteiger partial charge < -0.3 is 32.7 Å². The van der Waals surface area contributed by atoms with Crippen LogP contribution in [0.5, 0.6) is 5.75 Å². The van der Waals surface area contributed by atoms with Crippen molar-refractivity contribution in [1.29, 1.82) is 0 Å². The highest BCUT2D eigenvalue weighted by molar-refractivity contribution is 5.31. The third-order valence-electron chi connectivity index (χ3n) is 4.34. The number of aliphatic hydroxyl groups is 2. The molecule has 0 heterocycles. The zero-order chi connectivity index (χ0) is 17.5. The average Bonchev–Trinajstić information content (AvgIpc) is 2.60. The van der Waals surface area contributed by atoms with E-state index in [1.807, 2.05) is 67.7 Å². The van der Waals surface area contributed by atoms with Crippen LogP contribution in [0.4, 0.5) is 0 Å². The number of ether oxygens (including phenoxy) is 1. The van der Waals surface area contributed by atoms with E-state index in [-0.39, 0.29) is 25.1 Å². The standard InChI is InChI=1S/C20H27NO3.ClH/c1-14-9-10-17(11-15(14)2)20(23)16(3)21-12-18(22)13-24-19-7-5-4-6-8-19;/h4-11,16,18,20-23H,12-13H2,1-3H3;1H. The third kappa shape index (κ3) is 6.67. The fourth-order valence-corrected chi connectivity index (χ4v) is 2.53. The first kappa shape index (κ1) is 21.5. The number of aliphatic hydroxyl groups excluding tert-OH is 2. The summed E-state index contributed by atoms with van der Waals surface area (Å²) in [6.45, 7) is 6.79. The van der Waals surface area contributed by atoms with Gasteiger partial charge in [0, 0.05) is 0 Å². The van der Waals surface area contributed by atoms with Crippen LogP contribution in [0.3, 0.4) is 0 Å². The Balaban J connectivity index is 0.00000312. The van der Waals surface area contributed by atoms with Crippen molar-refractivity contribution in [2.24, 2.45) is 0 Å². The number of nitrogens with two attached hydrogens (primary N) is 1. The molecular weight excluding hydrogens is 338 g/mol. The zero-order valence-corrected chi connectivity index (χ0v) is 15.8. The average molecular weight is 366 g/mol. The summed E-state index contributed by atoms with van der Waals surface area (Å²) >= 11 is 0. The highest BCUT2D eigenvalue weighted by Gasteiger charge is 2.21. The van der Waals surface area contributed by atoms with Crippen molar-refractivity contribution in [3.05, 3.63) is 65.2 Å². The lowest BCUT2D eigenvalue weighted by atomic mass is 9.99. The molecule has 4 nitrogen and oxygen atoms in total. The van der Waals surface area contributed by atoms with Crippen LogP contribution in [0.1, 0.15) is 29.7 Å². The Morgan fingerprint density at radius 1 is 1.00 bits per heavy atom. The number of hydrogen-bond acceptors (Lipinski definition) is 3. The van der Waals surface area contributed by atoms with E-state index in [4.69, 9.17) is 4.74 Å². The van der Waals surface area contributed by atoms with E-state index >= 15 is 0 Å². The zero-order valence-electron chi connectivity index (χ0n) is 15.0. The summed E-state index contributed by atoms with van der Waals surface area (Å²) in [6, 6.07) is 15.4. The lowest BCUT2D eigenvalue weighted by molar-refractivity contribution is -0.699. The van der Waals surface area contributed by atoms with E-state index in [9.17, 15) is 10.2 Å². The molecule has 2 aromatic carbocycles. The van der Waals surface area contributed by atoms with Gasteiger partial charge in [0.2, 0.25) is 0 Å². The van der Waals surface area contributed by atoms with Crippen molar-refractivity contribution in [2.45, 2.75) is 39.0 Å². The van der Waals surface area contributed by atoms with Gasteiger partial charge in [-0.3, -0.25) is 0 Å². The van der Waals surface area contributed by atoms with Crippen molar-refractivity contribution in [1.82, 2.24) is 0 Å². The minimum Gasteiger partial charge on any atom is -1.00 e. The Kier molecular flexibility index (Phi) is 8.93. The van der Waals surface area contributed by atoms with Crippen LogP contribution in [0.25, 0.3) is 0 Å². The number of halogens is 1. The van der Waals surface area contributed by atoms with Gasteiger partial charge in [0.25, 0.3) is 0 Å². The van der Waals surface area contributed by atoms with Gasteiger partial charge in [-0.15, -0.1) is 0 Å². The lowest BCUT2D eigenvalue weighted by Crippen LogP contribution is -3.00. The maximum Gasteiger partial charge on any atom is 0.137 e. The van der Waals surface area contributed by atoms with E-state index in [1.54, 1.807) is 0 Å². The maximum atomic E-state index is 10.5. The van der Waals surface area contributed by atoms with Crippen LogP contribution >= 0.6 is 0 Å². The molecule has 0 radical (unpaired) electrons. The maximum absolute atomic E-state index is 10.5. The molecule has 0 spiro atoms. The van der Waals surface area contributed by atoms with Gasteiger partial charge in [-0.25, -0.2) is 0 Å². The summed E-state index contributed by atoms with van der Waals surface area (Å²) < 4.78 is 5.54. The van der Waals surface area contributed by atoms with Crippen molar-refractivity contribution in [3.63, 3.8) is 0 Å². The monoisotopic (exact) mass is 365 g/mol. The lowest BCUT2D eigenvalue weighted by Gasteiger charge is -2.20. The molecule has 5 heteroatoms. The summed E-state index contributed by atoms with van der Waals surface area (Å²) in [5.74, 6) is 0.750. The highest BCUT2D eigenvalue weighted by atomic mass is 35.5. The normalized spacial score (nSPS) is 14.3. The Morgan fingerprint density at radius 3 is 2.32 bits per heavy atom. The number of aryl methyl sites for hydroxylation is 2. The second-order valence-electron chi connectivity index (χ2n) is 6.40. The van der Waals surface area contributed by atoms with Gasteiger partial charge in [-0.2, -0.15) is 0 Å². The highest BCUT2D eigenvalue weighted by Crippen LogP contribution is 2.18. The molecule has 0 saturated heterocycles. The molecule has 0 aliphatic carbocycles. The predicted molar refractivity (Wildman–Crippen MR) is 95.1 cm³/mol.